The van der Waals surface area contributed by atoms with Crippen molar-refractivity contribution in [2.45, 2.75) is 19.5 Å². The molecule has 2 aromatic rings. The lowest BCUT2D eigenvalue weighted by molar-refractivity contribution is 0.309. The number of methoxy groups -OCH3 is 1. The maximum atomic E-state index is 5.68. The van der Waals surface area contributed by atoms with E-state index in [0.717, 1.165) is 22.9 Å². The average Bonchev–Trinajstić information content (AvgIpc) is 2.97. The second-order valence-electron chi connectivity index (χ2n) is 4.98. The number of rotatable bonds is 4. The Hall–Kier alpha value is -2.01. The molecule has 0 saturated carbocycles. The first kappa shape index (κ1) is 13.0. The molecule has 1 aliphatic heterocycles. The van der Waals surface area contributed by atoms with Crippen LogP contribution in [-0.4, -0.2) is 23.5 Å². The summed E-state index contributed by atoms with van der Waals surface area (Å²) < 4.78 is 12.9. The van der Waals surface area contributed by atoms with Gasteiger partial charge in [0, 0.05) is 19.2 Å². The summed E-state index contributed by atoms with van der Waals surface area (Å²) in [5.41, 5.74) is 3.30. The van der Waals surface area contributed by atoms with Crippen molar-refractivity contribution in [2.75, 3.05) is 13.7 Å². The van der Waals surface area contributed by atoms with E-state index < -0.39 is 0 Å². The van der Waals surface area contributed by atoms with Crippen LogP contribution in [0.1, 0.15) is 22.9 Å². The molecule has 5 heteroatoms. The molecule has 0 fully saturated rings. The van der Waals surface area contributed by atoms with Crippen LogP contribution in [0.25, 0.3) is 0 Å². The van der Waals surface area contributed by atoms with Crippen molar-refractivity contribution in [3.05, 3.63) is 41.1 Å². The molecule has 1 atom stereocenters. The van der Waals surface area contributed by atoms with Crippen molar-refractivity contribution in [1.29, 1.82) is 0 Å². The summed E-state index contributed by atoms with van der Waals surface area (Å²) in [6.45, 7) is 3.38. The minimum atomic E-state index is 0.218. The van der Waals surface area contributed by atoms with Crippen LogP contribution in [0.3, 0.4) is 0 Å². The topological polar surface area (TPSA) is 48.3 Å². The summed E-state index contributed by atoms with van der Waals surface area (Å²) in [4.78, 5) is 0. The van der Waals surface area contributed by atoms with Crippen molar-refractivity contribution in [1.82, 2.24) is 15.1 Å². The Balaban J connectivity index is 1.75. The van der Waals surface area contributed by atoms with Gasteiger partial charge < -0.3 is 14.8 Å². The SMILES string of the molecule is COc1c(CNC2COc3ccccc32)c(C)nn1C. The zero-order chi connectivity index (χ0) is 14.1. The van der Waals surface area contributed by atoms with Gasteiger partial charge >= 0.3 is 0 Å². The summed E-state index contributed by atoms with van der Waals surface area (Å²) in [5, 5.41) is 7.92. The molecular formula is C15H19N3O2. The van der Waals surface area contributed by atoms with Crippen LogP contribution in [-0.2, 0) is 13.6 Å². The number of aromatic nitrogens is 2. The Kier molecular flexibility index (Phi) is 3.36. The molecule has 1 aromatic heterocycles. The quantitative estimate of drug-likeness (QED) is 0.925. The molecule has 0 radical (unpaired) electrons. The van der Waals surface area contributed by atoms with Gasteiger partial charge in [0.2, 0.25) is 5.88 Å². The van der Waals surface area contributed by atoms with Crippen LogP contribution in [0, 0.1) is 6.92 Å². The lowest BCUT2D eigenvalue weighted by atomic mass is 10.1. The van der Waals surface area contributed by atoms with Crippen LogP contribution in [0.2, 0.25) is 0 Å². The van der Waals surface area contributed by atoms with Crippen LogP contribution < -0.4 is 14.8 Å². The van der Waals surface area contributed by atoms with E-state index in [2.05, 4.69) is 16.5 Å². The number of ether oxygens (including phenoxy) is 2. The lowest BCUT2D eigenvalue weighted by Crippen LogP contribution is -2.22. The predicted molar refractivity (Wildman–Crippen MR) is 76.0 cm³/mol. The molecule has 1 unspecified atom stereocenters. The molecule has 0 bridgehead atoms. The van der Waals surface area contributed by atoms with E-state index in [1.165, 1.54) is 5.56 Å². The van der Waals surface area contributed by atoms with E-state index in [4.69, 9.17) is 9.47 Å². The van der Waals surface area contributed by atoms with Gasteiger partial charge in [-0.2, -0.15) is 5.10 Å². The first-order chi connectivity index (χ1) is 9.70. The number of hydrogen-bond acceptors (Lipinski definition) is 4. The van der Waals surface area contributed by atoms with Crippen molar-refractivity contribution in [3.63, 3.8) is 0 Å². The van der Waals surface area contributed by atoms with Gasteiger partial charge in [-0.15, -0.1) is 0 Å². The molecule has 0 amide bonds. The van der Waals surface area contributed by atoms with E-state index >= 15 is 0 Å². The van der Waals surface area contributed by atoms with Gasteiger partial charge in [0.1, 0.15) is 12.4 Å². The molecule has 3 rings (SSSR count). The lowest BCUT2D eigenvalue weighted by Gasteiger charge is -2.12. The maximum absolute atomic E-state index is 5.68. The average molecular weight is 273 g/mol. The standard InChI is InChI=1S/C15H19N3O2/c1-10-12(15(19-3)18(2)17-10)8-16-13-9-20-14-7-5-4-6-11(13)14/h4-7,13,16H,8-9H2,1-3H3. The monoisotopic (exact) mass is 273 g/mol. The third-order valence-corrected chi connectivity index (χ3v) is 3.71. The molecule has 106 valence electrons. The molecule has 0 saturated heterocycles. The van der Waals surface area contributed by atoms with Gasteiger partial charge in [-0.25, -0.2) is 4.68 Å². The zero-order valence-corrected chi connectivity index (χ0v) is 12.0. The highest BCUT2D eigenvalue weighted by atomic mass is 16.5. The molecule has 1 N–H and O–H groups in total. The highest BCUT2D eigenvalue weighted by molar-refractivity contribution is 5.39. The Labute approximate surface area is 118 Å². The van der Waals surface area contributed by atoms with E-state index in [9.17, 15) is 0 Å². The molecule has 5 nitrogen and oxygen atoms in total. The van der Waals surface area contributed by atoms with Crippen molar-refractivity contribution < 1.29 is 9.47 Å². The molecule has 20 heavy (non-hydrogen) atoms. The Morgan fingerprint density at radius 2 is 2.25 bits per heavy atom. The smallest absolute Gasteiger partial charge is 0.216 e. The summed E-state index contributed by atoms with van der Waals surface area (Å²) in [5.74, 6) is 1.78. The largest absolute Gasteiger partial charge is 0.491 e. The fourth-order valence-electron chi connectivity index (χ4n) is 2.70. The van der Waals surface area contributed by atoms with Gasteiger partial charge in [0.15, 0.2) is 0 Å². The summed E-state index contributed by atoms with van der Waals surface area (Å²) in [6, 6.07) is 8.36. The summed E-state index contributed by atoms with van der Waals surface area (Å²) in [7, 11) is 3.57. The van der Waals surface area contributed by atoms with Crippen molar-refractivity contribution >= 4 is 0 Å². The van der Waals surface area contributed by atoms with Crippen LogP contribution in [0.4, 0.5) is 0 Å². The first-order valence-electron chi connectivity index (χ1n) is 6.72. The van der Waals surface area contributed by atoms with Gasteiger partial charge in [0.05, 0.1) is 24.4 Å². The van der Waals surface area contributed by atoms with Crippen LogP contribution >= 0.6 is 0 Å². The highest BCUT2D eigenvalue weighted by Gasteiger charge is 2.24. The van der Waals surface area contributed by atoms with E-state index in [0.29, 0.717) is 13.2 Å². The normalized spacial score (nSPS) is 16.9. The zero-order valence-electron chi connectivity index (χ0n) is 12.0. The molecule has 0 aliphatic carbocycles. The minimum Gasteiger partial charge on any atom is -0.491 e. The molecule has 2 heterocycles. The van der Waals surface area contributed by atoms with Crippen LogP contribution in [0.15, 0.2) is 24.3 Å². The second-order valence-corrected chi connectivity index (χ2v) is 4.98. The van der Waals surface area contributed by atoms with Crippen LogP contribution in [0.5, 0.6) is 11.6 Å². The fraction of sp³-hybridized carbons (Fsp3) is 0.400. The third kappa shape index (κ3) is 2.14. The van der Waals surface area contributed by atoms with Gasteiger partial charge in [0.25, 0.3) is 0 Å². The number of hydrogen-bond donors (Lipinski definition) is 1. The fourth-order valence-corrected chi connectivity index (χ4v) is 2.70. The first-order valence-corrected chi connectivity index (χ1v) is 6.72. The number of nitrogens with zero attached hydrogens (tertiary/aromatic N) is 2. The Bertz CT molecular complexity index is 622. The van der Waals surface area contributed by atoms with E-state index in [1.54, 1.807) is 11.8 Å². The second kappa shape index (κ2) is 5.17. The van der Waals surface area contributed by atoms with Crippen molar-refractivity contribution in [2.24, 2.45) is 7.05 Å². The molecule has 1 aliphatic rings. The number of benzene rings is 1. The number of para-hydroxylation sites is 1. The van der Waals surface area contributed by atoms with Gasteiger partial charge in [-0.1, -0.05) is 18.2 Å². The van der Waals surface area contributed by atoms with Gasteiger partial charge in [-0.3, -0.25) is 0 Å². The molecular weight excluding hydrogens is 254 g/mol. The van der Waals surface area contributed by atoms with Crippen molar-refractivity contribution in [3.8, 4) is 11.6 Å². The van der Waals surface area contributed by atoms with E-state index in [-0.39, 0.29) is 6.04 Å². The summed E-state index contributed by atoms with van der Waals surface area (Å²) in [6.07, 6.45) is 0. The maximum Gasteiger partial charge on any atom is 0.216 e. The summed E-state index contributed by atoms with van der Waals surface area (Å²) >= 11 is 0. The number of nitrogens with one attached hydrogen (secondary N) is 1. The third-order valence-electron chi connectivity index (χ3n) is 3.71. The van der Waals surface area contributed by atoms with Gasteiger partial charge in [-0.05, 0) is 13.0 Å². The Morgan fingerprint density at radius 3 is 3.05 bits per heavy atom. The van der Waals surface area contributed by atoms with E-state index in [1.807, 2.05) is 32.2 Å². The highest BCUT2D eigenvalue weighted by Crippen LogP contribution is 2.32. The molecule has 0 spiro atoms. The predicted octanol–water partition coefficient (Wildman–Crippen LogP) is 1.96. The minimum absolute atomic E-state index is 0.218. The number of aryl methyl sites for hydroxylation is 2. The molecule has 1 aromatic carbocycles. The Morgan fingerprint density at radius 1 is 1.45 bits per heavy atom. The number of fused-ring (bicyclic) bond motifs is 1.